The molecule has 188 valence electrons. The molecule has 0 bridgehead atoms. The highest BCUT2D eigenvalue weighted by Crippen LogP contribution is 2.36. The fraction of sp³-hybridized carbons (Fsp3) is 0.261. The SMILES string of the molecule is Nc1ncnc2c1c(-c1ccc(Oc3ccccc3)cc1)nn2C1CCCN(S(=O)(=O)C(F)(F)F)C1. The number of anilines is 1. The molecule has 3 heterocycles. The number of ether oxygens (including phenoxy) is 1. The minimum atomic E-state index is -5.46. The Labute approximate surface area is 204 Å². The van der Waals surface area contributed by atoms with Crippen LogP contribution >= 0.6 is 0 Å². The minimum absolute atomic E-state index is 0.154. The third kappa shape index (κ3) is 4.35. The molecular formula is C23H21F3N6O3S. The van der Waals surface area contributed by atoms with E-state index in [0.29, 0.717) is 44.5 Å². The van der Waals surface area contributed by atoms with Crippen LogP contribution < -0.4 is 10.5 Å². The van der Waals surface area contributed by atoms with Crippen LogP contribution in [0.15, 0.2) is 60.9 Å². The van der Waals surface area contributed by atoms with Gasteiger partial charge in [0.25, 0.3) is 0 Å². The number of rotatable bonds is 5. The van der Waals surface area contributed by atoms with E-state index in [9.17, 15) is 21.6 Å². The molecule has 2 N–H and O–H groups in total. The summed E-state index contributed by atoms with van der Waals surface area (Å²) in [4.78, 5) is 8.31. The van der Waals surface area contributed by atoms with Crippen molar-refractivity contribution in [2.24, 2.45) is 0 Å². The second-order valence-corrected chi connectivity index (χ2v) is 10.2. The van der Waals surface area contributed by atoms with E-state index >= 15 is 0 Å². The number of benzene rings is 2. The molecule has 2 aromatic carbocycles. The molecule has 1 aliphatic heterocycles. The van der Waals surface area contributed by atoms with Crippen LogP contribution in [0, 0.1) is 0 Å². The number of aromatic nitrogens is 4. The van der Waals surface area contributed by atoms with Gasteiger partial charge >= 0.3 is 15.5 Å². The lowest BCUT2D eigenvalue weighted by Gasteiger charge is -2.32. The van der Waals surface area contributed by atoms with Crippen molar-refractivity contribution in [1.29, 1.82) is 0 Å². The van der Waals surface area contributed by atoms with E-state index in [4.69, 9.17) is 10.5 Å². The highest BCUT2D eigenvalue weighted by atomic mass is 32.2. The number of piperidine rings is 1. The number of alkyl halides is 3. The van der Waals surface area contributed by atoms with Gasteiger partial charge in [-0.25, -0.2) is 23.1 Å². The summed E-state index contributed by atoms with van der Waals surface area (Å²) in [6.07, 6.45) is 1.90. The van der Waals surface area contributed by atoms with Gasteiger partial charge in [-0.05, 0) is 49.2 Å². The summed E-state index contributed by atoms with van der Waals surface area (Å²) < 4.78 is 71.2. The summed E-state index contributed by atoms with van der Waals surface area (Å²) in [5.41, 5.74) is 2.18. The largest absolute Gasteiger partial charge is 0.511 e. The van der Waals surface area contributed by atoms with E-state index in [2.05, 4.69) is 15.1 Å². The molecule has 0 radical (unpaired) electrons. The molecule has 2 aromatic heterocycles. The van der Waals surface area contributed by atoms with E-state index in [1.807, 2.05) is 30.3 Å². The number of sulfonamides is 1. The molecule has 0 saturated carbocycles. The van der Waals surface area contributed by atoms with Crippen LogP contribution in [-0.4, -0.2) is 51.1 Å². The average Bonchev–Trinajstić information content (AvgIpc) is 3.26. The van der Waals surface area contributed by atoms with E-state index < -0.39 is 21.6 Å². The van der Waals surface area contributed by atoms with Crippen LogP contribution in [0.25, 0.3) is 22.3 Å². The first-order chi connectivity index (χ1) is 17.1. The average molecular weight is 519 g/mol. The maximum absolute atomic E-state index is 13.1. The number of hydrogen-bond acceptors (Lipinski definition) is 7. The van der Waals surface area contributed by atoms with Gasteiger partial charge in [-0.2, -0.15) is 22.6 Å². The zero-order valence-electron chi connectivity index (χ0n) is 18.8. The first-order valence-corrected chi connectivity index (χ1v) is 12.5. The second kappa shape index (κ2) is 9.06. The number of nitrogen functional groups attached to an aromatic ring is 1. The van der Waals surface area contributed by atoms with Gasteiger partial charge in [-0.1, -0.05) is 18.2 Å². The summed E-state index contributed by atoms with van der Waals surface area (Å²) >= 11 is 0. The zero-order chi connectivity index (χ0) is 25.5. The second-order valence-electron chi connectivity index (χ2n) is 8.30. The Kier molecular flexibility index (Phi) is 6.04. The summed E-state index contributed by atoms with van der Waals surface area (Å²) in [6.45, 7) is -0.601. The smallest absolute Gasteiger partial charge is 0.457 e. The van der Waals surface area contributed by atoms with Gasteiger partial charge in [0.15, 0.2) is 5.65 Å². The summed E-state index contributed by atoms with van der Waals surface area (Å²) in [6, 6.07) is 15.7. The number of fused-ring (bicyclic) bond motifs is 1. The maximum Gasteiger partial charge on any atom is 0.511 e. The summed E-state index contributed by atoms with van der Waals surface area (Å²) in [7, 11) is -5.46. The molecule has 0 amide bonds. The van der Waals surface area contributed by atoms with Gasteiger partial charge < -0.3 is 10.5 Å². The topological polar surface area (TPSA) is 116 Å². The Morgan fingerprint density at radius 2 is 1.69 bits per heavy atom. The number of para-hydroxylation sites is 1. The third-order valence-electron chi connectivity index (χ3n) is 5.96. The first kappa shape index (κ1) is 24.0. The Bertz CT molecular complexity index is 1490. The highest BCUT2D eigenvalue weighted by molar-refractivity contribution is 7.90. The van der Waals surface area contributed by atoms with Crippen molar-refractivity contribution in [2.45, 2.75) is 24.4 Å². The van der Waals surface area contributed by atoms with Crippen molar-refractivity contribution < 1.29 is 26.3 Å². The molecule has 4 aromatic rings. The monoisotopic (exact) mass is 518 g/mol. The molecule has 0 aliphatic carbocycles. The normalized spacial score (nSPS) is 17.4. The van der Waals surface area contributed by atoms with Crippen molar-refractivity contribution in [2.75, 3.05) is 18.8 Å². The highest BCUT2D eigenvalue weighted by Gasteiger charge is 2.51. The van der Waals surface area contributed by atoms with Gasteiger partial charge in [-0.15, -0.1) is 0 Å². The molecule has 1 atom stereocenters. The van der Waals surface area contributed by atoms with E-state index in [0.717, 1.165) is 0 Å². The molecule has 5 rings (SSSR count). The van der Waals surface area contributed by atoms with Crippen molar-refractivity contribution in [1.82, 2.24) is 24.1 Å². The van der Waals surface area contributed by atoms with Crippen molar-refractivity contribution in [3.63, 3.8) is 0 Å². The van der Waals surface area contributed by atoms with Gasteiger partial charge in [0.05, 0.1) is 11.4 Å². The fourth-order valence-corrected chi connectivity index (χ4v) is 5.27. The van der Waals surface area contributed by atoms with Crippen LogP contribution in [-0.2, 0) is 10.0 Å². The van der Waals surface area contributed by atoms with Gasteiger partial charge in [0.2, 0.25) is 0 Å². The molecular weight excluding hydrogens is 497 g/mol. The maximum atomic E-state index is 13.1. The van der Waals surface area contributed by atoms with Crippen molar-refractivity contribution >= 4 is 26.9 Å². The molecule has 1 unspecified atom stereocenters. The van der Waals surface area contributed by atoms with Crippen LogP contribution in [0.1, 0.15) is 18.9 Å². The minimum Gasteiger partial charge on any atom is -0.457 e. The van der Waals surface area contributed by atoms with Crippen LogP contribution in [0.4, 0.5) is 19.0 Å². The number of nitrogens with two attached hydrogens (primary N) is 1. The van der Waals surface area contributed by atoms with Gasteiger partial charge in [-0.3, -0.25) is 0 Å². The summed E-state index contributed by atoms with van der Waals surface area (Å²) in [5.74, 6) is 1.42. The third-order valence-corrected chi connectivity index (χ3v) is 7.56. The predicted octanol–water partition coefficient (Wildman–Crippen LogP) is 4.35. The first-order valence-electron chi connectivity index (χ1n) is 11.0. The Morgan fingerprint density at radius 3 is 2.39 bits per heavy atom. The fourth-order valence-electron chi connectivity index (χ4n) is 4.24. The quantitative estimate of drug-likeness (QED) is 0.417. The lowest BCUT2D eigenvalue weighted by Crippen LogP contribution is -2.46. The van der Waals surface area contributed by atoms with Crippen molar-refractivity contribution in [3.05, 3.63) is 60.9 Å². The lowest BCUT2D eigenvalue weighted by molar-refractivity contribution is -0.0498. The molecule has 1 aliphatic rings. The van der Waals surface area contributed by atoms with Crippen LogP contribution in [0.3, 0.4) is 0 Å². The Morgan fingerprint density at radius 1 is 1.00 bits per heavy atom. The molecule has 1 fully saturated rings. The molecule has 9 nitrogen and oxygen atoms in total. The molecule has 13 heteroatoms. The molecule has 0 spiro atoms. The lowest BCUT2D eigenvalue weighted by atomic mass is 10.1. The zero-order valence-corrected chi connectivity index (χ0v) is 19.6. The van der Waals surface area contributed by atoms with Gasteiger partial charge in [0.1, 0.15) is 29.3 Å². The van der Waals surface area contributed by atoms with E-state index in [1.165, 1.54) is 11.0 Å². The van der Waals surface area contributed by atoms with Crippen LogP contribution in [0.5, 0.6) is 11.5 Å². The molecule has 36 heavy (non-hydrogen) atoms. The standard InChI is InChI=1S/C23H21F3N6O3S/c24-23(25,26)36(33,34)31-12-4-5-16(13-31)32-22-19(21(27)28-14-29-22)20(30-32)15-8-10-18(11-9-15)35-17-6-2-1-3-7-17/h1-3,6-11,14,16H,4-5,12-13H2,(H2,27,28,29). The van der Waals surface area contributed by atoms with E-state index in [1.54, 1.807) is 24.3 Å². The van der Waals surface area contributed by atoms with Crippen molar-refractivity contribution in [3.8, 4) is 22.8 Å². The number of nitrogens with zero attached hydrogens (tertiary/aromatic N) is 5. The van der Waals surface area contributed by atoms with Gasteiger partial charge in [0, 0.05) is 18.7 Å². The van der Waals surface area contributed by atoms with E-state index in [-0.39, 0.29) is 25.3 Å². The number of halogens is 3. The Hall–Kier alpha value is -3.71. The number of hydrogen-bond donors (Lipinski definition) is 1. The summed E-state index contributed by atoms with van der Waals surface area (Å²) in [5, 5.41) is 5.06. The molecule has 1 saturated heterocycles. The van der Waals surface area contributed by atoms with Crippen LogP contribution in [0.2, 0.25) is 0 Å². The Balaban J connectivity index is 1.50. The predicted molar refractivity (Wildman–Crippen MR) is 127 cm³/mol.